The molecule has 0 saturated carbocycles. The van der Waals surface area contributed by atoms with Crippen LogP contribution >= 0.6 is 11.3 Å². The van der Waals surface area contributed by atoms with Gasteiger partial charge in [-0.2, -0.15) is 0 Å². The van der Waals surface area contributed by atoms with E-state index in [0.29, 0.717) is 17.2 Å². The van der Waals surface area contributed by atoms with E-state index >= 15 is 0 Å². The van der Waals surface area contributed by atoms with Gasteiger partial charge in [0.15, 0.2) is 0 Å². The van der Waals surface area contributed by atoms with E-state index in [1.54, 1.807) is 19.2 Å². The van der Waals surface area contributed by atoms with E-state index in [2.05, 4.69) is 15.6 Å². The zero-order chi connectivity index (χ0) is 13.7. The maximum absolute atomic E-state index is 11.8. The van der Waals surface area contributed by atoms with Gasteiger partial charge in [0.1, 0.15) is 16.7 Å². The van der Waals surface area contributed by atoms with E-state index < -0.39 is 6.04 Å². The van der Waals surface area contributed by atoms with Crippen LogP contribution in [0.5, 0.6) is 0 Å². The number of nitrogens with two attached hydrogens (primary N) is 1. The molecule has 7 heteroatoms. The number of carbonyl (C=O) groups excluding carboxylic acids is 2. The largest absolute Gasteiger partial charge is 0.355 e. The van der Waals surface area contributed by atoms with E-state index in [-0.39, 0.29) is 17.9 Å². The van der Waals surface area contributed by atoms with Crippen molar-refractivity contribution < 1.29 is 9.59 Å². The Morgan fingerprint density at radius 1 is 1.50 bits per heavy atom. The Morgan fingerprint density at radius 2 is 2.17 bits per heavy atom. The number of amides is 2. The van der Waals surface area contributed by atoms with Crippen LogP contribution in [0.15, 0.2) is 5.38 Å². The Labute approximate surface area is 110 Å². The lowest BCUT2D eigenvalue weighted by molar-refractivity contribution is -0.122. The minimum absolute atomic E-state index is 0.197. The van der Waals surface area contributed by atoms with Crippen LogP contribution in [0.4, 0.5) is 0 Å². The van der Waals surface area contributed by atoms with E-state index in [0.717, 1.165) is 0 Å². The van der Waals surface area contributed by atoms with Crippen molar-refractivity contribution in [1.29, 1.82) is 0 Å². The van der Waals surface area contributed by atoms with Crippen LogP contribution in [0.1, 0.15) is 42.3 Å². The molecule has 1 heterocycles. The summed E-state index contributed by atoms with van der Waals surface area (Å²) in [5.74, 6) is -0.578. The molecule has 1 aromatic rings. The fraction of sp³-hybridized carbons (Fsp3) is 0.545. The highest BCUT2D eigenvalue weighted by Gasteiger charge is 2.18. The van der Waals surface area contributed by atoms with Gasteiger partial charge >= 0.3 is 0 Å². The molecule has 100 valence electrons. The Hall–Kier alpha value is -1.47. The number of hydrogen-bond donors (Lipinski definition) is 3. The van der Waals surface area contributed by atoms with Crippen molar-refractivity contribution in [2.45, 2.75) is 32.9 Å². The molecule has 1 rings (SSSR count). The molecule has 2 unspecified atom stereocenters. The first kappa shape index (κ1) is 14.6. The molecule has 1 aromatic heterocycles. The molecule has 4 N–H and O–H groups in total. The highest BCUT2D eigenvalue weighted by Crippen LogP contribution is 2.15. The predicted molar refractivity (Wildman–Crippen MR) is 70.3 cm³/mol. The zero-order valence-corrected chi connectivity index (χ0v) is 11.5. The molecule has 0 spiro atoms. The summed E-state index contributed by atoms with van der Waals surface area (Å²) in [5.41, 5.74) is 5.96. The highest BCUT2D eigenvalue weighted by molar-refractivity contribution is 7.09. The molecule has 0 aromatic carbocycles. The second-order valence-corrected chi connectivity index (χ2v) is 4.84. The van der Waals surface area contributed by atoms with Crippen LogP contribution < -0.4 is 16.4 Å². The van der Waals surface area contributed by atoms with Gasteiger partial charge < -0.3 is 16.4 Å². The molecule has 0 aliphatic rings. The number of rotatable bonds is 5. The van der Waals surface area contributed by atoms with Crippen molar-refractivity contribution in [1.82, 2.24) is 15.6 Å². The number of nitrogens with zero attached hydrogens (tertiary/aromatic N) is 1. The molecule has 18 heavy (non-hydrogen) atoms. The molecule has 0 aliphatic carbocycles. The number of hydrogen-bond acceptors (Lipinski definition) is 5. The van der Waals surface area contributed by atoms with Gasteiger partial charge in [-0.1, -0.05) is 0 Å². The summed E-state index contributed by atoms with van der Waals surface area (Å²) in [4.78, 5) is 27.4. The second-order valence-electron chi connectivity index (χ2n) is 3.95. The molecule has 0 saturated heterocycles. The van der Waals surface area contributed by atoms with Crippen molar-refractivity contribution in [3.63, 3.8) is 0 Å². The lowest BCUT2D eigenvalue weighted by Crippen LogP contribution is -2.44. The van der Waals surface area contributed by atoms with Gasteiger partial charge in [0.05, 0.1) is 6.04 Å². The number of aromatic nitrogens is 1. The topological polar surface area (TPSA) is 97.1 Å². The summed E-state index contributed by atoms with van der Waals surface area (Å²) in [6.07, 6.45) is 0. The Morgan fingerprint density at radius 3 is 2.67 bits per heavy atom. The van der Waals surface area contributed by atoms with Crippen LogP contribution in [-0.4, -0.2) is 29.4 Å². The lowest BCUT2D eigenvalue weighted by Gasteiger charge is -2.12. The first-order chi connectivity index (χ1) is 8.45. The molecule has 2 amide bonds. The van der Waals surface area contributed by atoms with E-state index in [4.69, 9.17) is 5.73 Å². The van der Waals surface area contributed by atoms with Gasteiger partial charge in [-0.25, -0.2) is 4.98 Å². The van der Waals surface area contributed by atoms with Crippen molar-refractivity contribution in [3.05, 3.63) is 16.1 Å². The highest BCUT2D eigenvalue weighted by atomic mass is 32.1. The average Bonchev–Trinajstić information content (AvgIpc) is 2.78. The van der Waals surface area contributed by atoms with Crippen LogP contribution in [0, 0.1) is 0 Å². The quantitative estimate of drug-likeness (QED) is 0.722. The van der Waals surface area contributed by atoms with E-state index in [1.807, 2.05) is 6.92 Å². The zero-order valence-electron chi connectivity index (χ0n) is 10.7. The van der Waals surface area contributed by atoms with Crippen molar-refractivity contribution >= 4 is 23.2 Å². The van der Waals surface area contributed by atoms with Gasteiger partial charge in [0.25, 0.3) is 5.91 Å². The SMILES string of the molecule is CCNC(=O)C(C)NC(=O)c1csc(C(C)N)n1. The standard InChI is InChI=1S/C11H18N4O2S/c1-4-13-9(16)7(3)14-10(17)8-5-18-11(15-8)6(2)12/h5-7H,4,12H2,1-3H3,(H,13,16)(H,14,17). The van der Waals surface area contributed by atoms with Gasteiger partial charge in [0.2, 0.25) is 5.91 Å². The van der Waals surface area contributed by atoms with Gasteiger partial charge in [0, 0.05) is 11.9 Å². The van der Waals surface area contributed by atoms with Crippen LogP contribution in [-0.2, 0) is 4.79 Å². The first-order valence-corrected chi connectivity index (χ1v) is 6.63. The summed E-state index contributed by atoms with van der Waals surface area (Å²) in [5, 5.41) is 7.56. The normalized spacial score (nSPS) is 13.8. The molecule has 6 nitrogen and oxygen atoms in total. The molecule has 0 fully saturated rings. The molecular formula is C11H18N4O2S. The predicted octanol–water partition coefficient (Wildman–Crippen LogP) is 0.417. The maximum Gasteiger partial charge on any atom is 0.271 e. The Bertz CT molecular complexity index is 430. The third-order valence-electron chi connectivity index (χ3n) is 2.24. The monoisotopic (exact) mass is 270 g/mol. The number of nitrogens with one attached hydrogen (secondary N) is 2. The third-order valence-corrected chi connectivity index (χ3v) is 3.28. The summed E-state index contributed by atoms with van der Waals surface area (Å²) in [7, 11) is 0. The van der Waals surface area contributed by atoms with Crippen molar-refractivity contribution in [3.8, 4) is 0 Å². The van der Waals surface area contributed by atoms with Gasteiger partial charge in [-0.05, 0) is 20.8 Å². The Kier molecular flexibility index (Phi) is 5.24. The number of thiazole rings is 1. The van der Waals surface area contributed by atoms with Crippen molar-refractivity contribution in [2.75, 3.05) is 6.54 Å². The average molecular weight is 270 g/mol. The molecule has 0 radical (unpaired) electrons. The molecule has 0 bridgehead atoms. The van der Waals surface area contributed by atoms with Gasteiger partial charge in [-0.3, -0.25) is 9.59 Å². The van der Waals surface area contributed by atoms with E-state index in [1.165, 1.54) is 11.3 Å². The first-order valence-electron chi connectivity index (χ1n) is 5.75. The number of carbonyl (C=O) groups is 2. The van der Waals surface area contributed by atoms with E-state index in [9.17, 15) is 9.59 Å². The summed E-state index contributed by atoms with van der Waals surface area (Å²) in [6.45, 7) is 5.78. The summed E-state index contributed by atoms with van der Waals surface area (Å²) in [6, 6.07) is -0.782. The fourth-order valence-corrected chi connectivity index (χ4v) is 2.02. The lowest BCUT2D eigenvalue weighted by atomic mass is 10.3. The third kappa shape index (κ3) is 3.78. The molecular weight excluding hydrogens is 252 g/mol. The van der Waals surface area contributed by atoms with Crippen LogP contribution in [0.25, 0.3) is 0 Å². The fourth-order valence-electron chi connectivity index (χ4n) is 1.26. The Balaban J connectivity index is 2.61. The van der Waals surface area contributed by atoms with Gasteiger partial charge in [-0.15, -0.1) is 11.3 Å². The summed E-state index contributed by atoms with van der Waals surface area (Å²) < 4.78 is 0. The van der Waals surface area contributed by atoms with Crippen molar-refractivity contribution in [2.24, 2.45) is 5.73 Å². The minimum Gasteiger partial charge on any atom is -0.355 e. The number of likely N-dealkylation sites (N-methyl/N-ethyl adjacent to an activating group) is 1. The van der Waals surface area contributed by atoms with Crippen LogP contribution in [0.3, 0.4) is 0 Å². The minimum atomic E-state index is -0.585. The second kappa shape index (κ2) is 6.46. The summed E-state index contributed by atoms with van der Waals surface area (Å²) >= 11 is 1.33. The van der Waals surface area contributed by atoms with Crippen LogP contribution in [0.2, 0.25) is 0 Å². The molecule has 0 aliphatic heterocycles. The smallest absolute Gasteiger partial charge is 0.271 e. The molecule has 2 atom stereocenters. The maximum atomic E-state index is 11.8.